The Hall–Kier alpha value is -2.33. The second kappa shape index (κ2) is 7.97. The van der Waals surface area contributed by atoms with E-state index in [1.807, 2.05) is 12.1 Å². The molecular formula is C20H24N2O2. The summed E-state index contributed by atoms with van der Waals surface area (Å²) in [7, 11) is 0. The van der Waals surface area contributed by atoms with Crippen molar-refractivity contribution < 1.29 is 9.90 Å². The van der Waals surface area contributed by atoms with Crippen LogP contribution in [0.15, 0.2) is 60.7 Å². The standard InChI is InChI=1S/C20H24N2O2/c23-20(24)17-11-13-21(14-12-17)15-16-22(18-7-3-1-4-8-18)19-9-5-2-6-10-19/h1-10,17H,11-16H2,(H,23,24). The van der Waals surface area contributed by atoms with Crippen molar-refractivity contribution >= 4 is 17.3 Å². The smallest absolute Gasteiger partial charge is 0.306 e. The zero-order chi connectivity index (χ0) is 16.8. The zero-order valence-corrected chi connectivity index (χ0v) is 13.8. The number of likely N-dealkylation sites (tertiary alicyclic amines) is 1. The fourth-order valence-corrected chi connectivity index (χ4v) is 3.27. The maximum atomic E-state index is 11.1. The molecule has 1 aliphatic heterocycles. The molecule has 0 spiro atoms. The SMILES string of the molecule is O=C(O)C1CCN(CCN(c2ccccc2)c2ccccc2)CC1. The lowest BCUT2D eigenvalue weighted by atomic mass is 9.97. The van der Waals surface area contributed by atoms with Crippen molar-refractivity contribution in [3.63, 3.8) is 0 Å². The second-order valence-corrected chi connectivity index (χ2v) is 6.28. The quantitative estimate of drug-likeness (QED) is 0.881. The predicted octanol–water partition coefficient (Wildman–Crippen LogP) is 3.62. The van der Waals surface area contributed by atoms with Gasteiger partial charge in [-0.1, -0.05) is 36.4 Å². The molecule has 3 rings (SSSR count). The second-order valence-electron chi connectivity index (χ2n) is 6.28. The normalized spacial score (nSPS) is 16.0. The first-order valence-electron chi connectivity index (χ1n) is 8.57. The Morgan fingerprint density at radius 2 is 1.46 bits per heavy atom. The van der Waals surface area contributed by atoms with E-state index in [0.717, 1.165) is 39.0 Å². The Balaban J connectivity index is 1.64. The van der Waals surface area contributed by atoms with Crippen LogP contribution in [-0.4, -0.2) is 42.2 Å². The molecule has 4 heteroatoms. The average Bonchev–Trinajstić information content (AvgIpc) is 2.64. The van der Waals surface area contributed by atoms with Crippen LogP contribution in [0.3, 0.4) is 0 Å². The van der Waals surface area contributed by atoms with Gasteiger partial charge in [-0.15, -0.1) is 0 Å². The molecule has 0 bridgehead atoms. The number of hydrogen-bond acceptors (Lipinski definition) is 3. The predicted molar refractivity (Wildman–Crippen MR) is 96.7 cm³/mol. The number of anilines is 2. The van der Waals surface area contributed by atoms with E-state index in [-0.39, 0.29) is 5.92 Å². The largest absolute Gasteiger partial charge is 0.481 e. The minimum atomic E-state index is -0.648. The third-order valence-electron chi connectivity index (χ3n) is 4.71. The topological polar surface area (TPSA) is 43.8 Å². The number of rotatable bonds is 6. The number of nitrogens with zero attached hydrogens (tertiary/aromatic N) is 2. The van der Waals surface area contributed by atoms with E-state index >= 15 is 0 Å². The molecule has 0 atom stereocenters. The van der Waals surface area contributed by atoms with Crippen LogP contribution in [-0.2, 0) is 4.79 Å². The molecule has 0 aliphatic carbocycles. The van der Waals surface area contributed by atoms with E-state index in [9.17, 15) is 4.79 Å². The van der Waals surface area contributed by atoms with Crippen LogP contribution in [0.25, 0.3) is 0 Å². The molecule has 4 nitrogen and oxygen atoms in total. The fourth-order valence-electron chi connectivity index (χ4n) is 3.27. The average molecular weight is 324 g/mol. The first kappa shape index (κ1) is 16.5. The number of aliphatic carboxylic acids is 1. The van der Waals surface area contributed by atoms with Gasteiger partial charge in [-0.25, -0.2) is 0 Å². The maximum absolute atomic E-state index is 11.1. The number of piperidine rings is 1. The molecule has 2 aromatic rings. The molecule has 24 heavy (non-hydrogen) atoms. The van der Waals surface area contributed by atoms with Crippen LogP contribution < -0.4 is 4.90 Å². The van der Waals surface area contributed by atoms with Crippen LogP contribution in [0.2, 0.25) is 0 Å². The van der Waals surface area contributed by atoms with E-state index in [2.05, 4.69) is 58.3 Å². The van der Waals surface area contributed by atoms with Gasteiger partial charge in [0.1, 0.15) is 0 Å². The lowest BCUT2D eigenvalue weighted by Crippen LogP contribution is -2.40. The van der Waals surface area contributed by atoms with Gasteiger partial charge in [0.25, 0.3) is 0 Å². The van der Waals surface area contributed by atoms with E-state index in [4.69, 9.17) is 5.11 Å². The minimum absolute atomic E-state index is 0.166. The fraction of sp³-hybridized carbons (Fsp3) is 0.350. The molecule has 1 saturated heterocycles. The first-order valence-corrected chi connectivity index (χ1v) is 8.57. The van der Waals surface area contributed by atoms with Crippen molar-refractivity contribution in [2.24, 2.45) is 5.92 Å². The van der Waals surface area contributed by atoms with Crippen LogP contribution in [0.1, 0.15) is 12.8 Å². The van der Waals surface area contributed by atoms with E-state index in [0.29, 0.717) is 0 Å². The Morgan fingerprint density at radius 3 is 1.92 bits per heavy atom. The molecule has 1 N–H and O–H groups in total. The maximum Gasteiger partial charge on any atom is 0.306 e. The van der Waals surface area contributed by atoms with E-state index in [1.165, 1.54) is 11.4 Å². The number of para-hydroxylation sites is 2. The summed E-state index contributed by atoms with van der Waals surface area (Å²) in [4.78, 5) is 15.8. The van der Waals surface area contributed by atoms with Gasteiger partial charge >= 0.3 is 5.97 Å². The van der Waals surface area contributed by atoms with Gasteiger partial charge in [-0.3, -0.25) is 4.79 Å². The van der Waals surface area contributed by atoms with Gasteiger partial charge in [0.2, 0.25) is 0 Å². The van der Waals surface area contributed by atoms with Crippen molar-refractivity contribution in [3.8, 4) is 0 Å². The summed E-state index contributed by atoms with van der Waals surface area (Å²) in [6, 6.07) is 20.8. The molecule has 0 aromatic heterocycles. The van der Waals surface area contributed by atoms with Gasteiger partial charge in [-0.2, -0.15) is 0 Å². The summed E-state index contributed by atoms with van der Waals surface area (Å²) in [6.45, 7) is 3.57. The Kier molecular flexibility index (Phi) is 5.49. The van der Waals surface area contributed by atoms with Crippen molar-refractivity contribution in [2.45, 2.75) is 12.8 Å². The van der Waals surface area contributed by atoms with Crippen LogP contribution in [0.4, 0.5) is 11.4 Å². The highest BCUT2D eigenvalue weighted by Gasteiger charge is 2.24. The number of carbonyl (C=O) groups is 1. The molecular weight excluding hydrogens is 300 g/mol. The monoisotopic (exact) mass is 324 g/mol. The molecule has 126 valence electrons. The summed E-state index contributed by atoms with van der Waals surface area (Å²) >= 11 is 0. The molecule has 2 aromatic carbocycles. The first-order chi connectivity index (χ1) is 11.7. The molecule has 1 fully saturated rings. The van der Waals surface area contributed by atoms with Crippen molar-refractivity contribution in [3.05, 3.63) is 60.7 Å². The molecule has 1 aliphatic rings. The lowest BCUT2D eigenvalue weighted by Gasteiger charge is -2.33. The van der Waals surface area contributed by atoms with Gasteiger partial charge in [0.05, 0.1) is 5.92 Å². The summed E-state index contributed by atoms with van der Waals surface area (Å²) < 4.78 is 0. The van der Waals surface area contributed by atoms with E-state index in [1.54, 1.807) is 0 Å². The van der Waals surface area contributed by atoms with Crippen molar-refractivity contribution in [2.75, 3.05) is 31.1 Å². The van der Waals surface area contributed by atoms with Gasteiger partial charge in [0.15, 0.2) is 0 Å². The lowest BCUT2D eigenvalue weighted by molar-refractivity contribution is -0.143. The highest BCUT2D eigenvalue weighted by Crippen LogP contribution is 2.25. The van der Waals surface area contributed by atoms with Gasteiger partial charge in [-0.05, 0) is 50.2 Å². The summed E-state index contributed by atoms with van der Waals surface area (Å²) in [5, 5.41) is 9.11. The Bertz CT molecular complexity index is 598. The van der Waals surface area contributed by atoms with Gasteiger partial charge < -0.3 is 14.9 Å². The molecule has 0 saturated carbocycles. The number of benzene rings is 2. The van der Waals surface area contributed by atoms with Crippen molar-refractivity contribution in [1.29, 1.82) is 0 Å². The Labute approximate surface area is 143 Å². The molecule has 0 unspecified atom stereocenters. The number of carboxylic acid groups (broad SMARTS) is 1. The molecule has 1 heterocycles. The highest BCUT2D eigenvalue weighted by molar-refractivity contribution is 5.70. The number of carboxylic acids is 1. The molecule has 0 amide bonds. The minimum Gasteiger partial charge on any atom is -0.481 e. The third kappa shape index (κ3) is 4.15. The third-order valence-corrected chi connectivity index (χ3v) is 4.71. The van der Waals surface area contributed by atoms with Crippen molar-refractivity contribution in [1.82, 2.24) is 4.90 Å². The summed E-state index contributed by atoms with van der Waals surface area (Å²) in [5.74, 6) is -0.814. The Morgan fingerprint density at radius 1 is 0.958 bits per heavy atom. The highest BCUT2D eigenvalue weighted by atomic mass is 16.4. The summed E-state index contributed by atoms with van der Waals surface area (Å²) in [6.07, 6.45) is 1.51. The summed E-state index contributed by atoms with van der Waals surface area (Å²) in [5.41, 5.74) is 2.37. The molecule has 0 radical (unpaired) electrons. The van der Waals surface area contributed by atoms with Gasteiger partial charge in [0, 0.05) is 24.5 Å². The van der Waals surface area contributed by atoms with E-state index < -0.39 is 5.97 Å². The van der Waals surface area contributed by atoms with Crippen LogP contribution in [0.5, 0.6) is 0 Å². The zero-order valence-electron chi connectivity index (χ0n) is 13.8. The van der Waals surface area contributed by atoms with Crippen LogP contribution >= 0.6 is 0 Å². The van der Waals surface area contributed by atoms with Crippen LogP contribution in [0, 0.1) is 5.92 Å². The number of hydrogen-bond donors (Lipinski definition) is 1.